The van der Waals surface area contributed by atoms with Gasteiger partial charge in [-0.3, -0.25) is 4.79 Å². The van der Waals surface area contributed by atoms with Gasteiger partial charge in [0.25, 0.3) is 0 Å². The topological polar surface area (TPSA) is 111 Å². The number of aryl methyl sites for hydroxylation is 1. The molecule has 4 atom stereocenters. The molecule has 10 heteroatoms. The molecular weight excluding hydrogens is 526 g/mol. The average molecular weight is 560 g/mol. The maximum atomic E-state index is 11.4. The van der Waals surface area contributed by atoms with Crippen LogP contribution in [0.2, 0.25) is 0 Å². The highest BCUT2D eigenvalue weighted by Crippen LogP contribution is 2.43. The molecule has 0 radical (unpaired) electrons. The summed E-state index contributed by atoms with van der Waals surface area (Å²) in [7, 11) is 1.82. The second-order valence-corrected chi connectivity index (χ2v) is 10.9. The quantitative estimate of drug-likeness (QED) is 0.287. The van der Waals surface area contributed by atoms with Crippen molar-refractivity contribution in [1.82, 2.24) is 25.5 Å². The zero-order valence-electron chi connectivity index (χ0n) is 22.7. The number of hydrogen-bond acceptors (Lipinski definition) is 8. The Hall–Kier alpha value is -3.57. The summed E-state index contributed by atoms with van der Waals surface area (Å²) in [4.78, 5) is 11.4. The molecule has 0 aliphatic carbocycles. The number of aliphatic hydroxyl groups excluding tert-OH is 1. The maximum absolute atomic E-state index is 11.4. The average Bonchev–Trinajstić information content (AvgIpc) is 3.40. The molecule has 208 valence electrons. The number of aromatic nitrogens is 4. The number of hydrogen-bond donors (Lipinski definition) is 2. The van der Waals surface area contributed by atoms with Crippen LogP contribution in [0.4, 0.5) is 0 Å². The summed E-state index contributed by atoms with van der Waals surface area (Å²) in [6.07, 6.45) is -0.920. The van der Waals surface area contributed by atoms with E-state index in [0.29, 0.717) is 12.3 Å². The van der Waals surface area contributed by atoms with Gasteiger partial charge in [0.2, 0.25) is 11.1 Å². The zero-order valence-corrected chi connectivity index (χ0v) is 23.5. The lowest BCUT2D eigenvalue weighted by Gasteiger charge is -2.41. The van der Waals surface area contributed by atoms with Gasteiger partial charge in [0.1, 0.15) is 0 Å². The highest BCUT2D eigenvalue weighted by molar-refractivity contribution is 7.99. The minimum Gasteiger partial charge on any atom is -0.392 e. The Morgan fingerprint density at radius 2 is 1.75 bits per heavy atom. The highest BCUT2D eigenvalue weighted by atomic mass is 32.2. The number of tetrazole rings is 1. The van der Waals surface area contributed by atoms with Gasteiger partial charge in [-0.1, -0.05) is 79.3 Å². The van der Waals surface area contributed by atoms with Crippen molar-refractivity contribution in [2.45, 2.75) is 50.7 Å². The fourth-order valence-electron chi connectivity index (χ4n) is 4.76. The molecule has 40 heavy (non-hydrogen) atoms. The van der Waals surface area contributed by atoms with Crippen molar-refractivity contribution >= 4 is 17.7 Å². The van der Waals surface area contributed by atoms with Crippen LogP contribution in [0, 0.1) is 5.92 Å². The van der Waals surface area contributed by atoms with Gasteiger partial charge in [-0.2, -0.15) is 0 Å². The van der Waals surface area contributed by atoms with Crippen LogP contribution >= 0.6 is 11.8 Å². The Kier molecular flexibility index (Phi) is 8.91. The van der Waals surface area contributed by atoms with Crippen LogP contribution < -0.4 is 5.32 Å². The summed E-state index contributed by atoms with van der Waals surface area (Å²) in [6, 6.07) is 24.2. The number of amides is 1. The number of thioether (sulfide) groups is 1. The van der Waals surface area contributed by atoms with E-state index in [1.54, 1.807) is 16.4 Å². The third-order valence-corrected chi connectivity index (χ3v) is 8.14. The van der Waals surface area contributed by atoms with Gasteiger partial charge in [-0.05, 0) is 50.4 Å². The number of nitrogens with zero attached hydrogens (tertiary/aromatic N) is 4. The first-order valence-electron chi connectivity index (χ1n) is 13.2. The van der Waals surface area contributed by atoms with E-state index in [9.17, 15) is 9.90 Å². The van der Waals surface area contributed by atoms with Crippen LogP contribution in [-0.4, -0.2) is 43.1 Å². The molecule has 1 fully saturated rings. The Labute approximate surface area is 237 Å². The molecule has 1 aromatic heterocycles. The first kappa shape index (κ1) is 28.0. The molecule has 0 saturated carbocycles. The Balaban J connectivity index is 1.42. The SMILES string of the molecule is CC(=O)NCc1cccc(-c2cccc([C@@H]3O[C@H](CSc4nnnn4C)[C@H](C)[C@H](c4ccc(CO)cc4)O3)c2)c1. The van der Waals surface area contributed by atoms with Gasteiger partial charge in [0, 0.05) is 37.8 Å². The Morgan fingerprint density at radius 3 is 2.45 bits per heavy atom. The van der Waals surface area contributed by atoms with Crippen LogP contribution in [0.25, 0.3) is 11.1 Å². The first-order chi connectivity index (χ1) is 19.4. The molecule has 1 amide bonds. The molecule has 0 bridgehead atoms. The third kappa shape index (κ3) is 6.59. The molecule has 2 N–H and O–H groups in total. The van der Waals surface area contributed by atoms with Crippen LogP contribution in [0.1, 0.15) is 48.5 Å². The molecule has 3 aromatic carbocycles. The van der Waals surface area contributed by atoms with E-state index in [-0.39, 0.29) is 30.6 Å². The summed E-state index contributed by atoms with van der Waals surface area (Å²) in [5.41, 5.74) is 5.92. The molecule has 1 saturated heterocycles. The number of rotatable bonds is 9. The van der Waals surface area contributed by atoms with Crippen molar-refractivity contribution in [2.75, 3.05) is 5.75 Å². The summed E-state index contributed by atoms with van der Waals surface area (Å²) in [6.45, 7) is 4.13. The number of nitrogens with one attached hydrogen (secondary N) is 1. The number of aliphatic hydroxyl groups is 1. The van der Waals surface area contributed by atoms with E-state index in [2.05, 4.69) is 52.0 Å². The molecule has 4 aromatic rings. The van der Waals surface area contributed by atoms with Crippen molar-refractivity contribution in [1.29, 1.82) is 0 Å². The van der Waals surface area contributed by atoms with E-state index >= 15 is 0 Å². The molecule has 0 unspecified atom stereocenters. The van der Waals surface area contributed by atoms with Crippen LogP contribution in [0.15, 0.2) is 78.0 Å². The summed E-state index contributed by atoms with van der Waals surface area (Å²) in [5, 5.41) is 24.9. The van der Waals surface area contributed by atoms with Crippen molar-refractivity contribution in [2.24, 2.45) is 13.0 Å². The molecule has 5 rings (SSSR count). The van der Waals surface area contributed by atoms with Gasteiger partial charge >= 0.3 is 0 Å². The second kappa shape index (κ2) is 12.7. The standard InChI is InChI=1S/C30H33N5O4S/c1-19-27(18-40-30-32-33-34-35(30)3)38-29(39-28(19)23-12-10-21(17-36)11-13-23)26-9-5-8-25(15-26)24-7-4-6-22(14-24)16-31-20(2)37/h4-15,19,27-29,36H,16-18H2,1-3H3,(H,31,37)/t19-,27+,28+,29+/m0/s1. The van der Waals surface area contributed by atoms with Gasteiger partial charge in [-0.15, -0.1) is 5.10 Å². The molecule has 0 spiro atoms. The van der Waals surface area contributed by atoms with Crippen LogP contribution in [-0.2, 0) is 34.5 Å². The minimum atomic E-state index is -0.579. The van der Waals surface area contributed by atoms with Crippen molar-refractivity contribution in [3.05, 3.63) is 95.1 Å². The number of benzene rings is 3. The highest BCUT2D eigenvalue weighted by Gasteiger charge is 2.38. The maximum Gasteiger partial charge on any atom is 0.217 e. The Bertz CT molecular complexity index is 1440. The summed E-state index contributed by atoms with van der Waals surface area (Å²) >= 11 is 1.56. The number of carbonyl (C=O) groups excluding carboxylic acids is 1. The molecular formula is C30H33N5O4S. The summed E-state index contributed by atoms with van der Waals surface area (Å²) in [5.74, 6) is 0.654. The largest absolute Gasteiger partial charge is 0.392 e. The molecule has 1 aliphatic heterocycles. The predicted molar refractivity (Wildman–Crippen MR) is 152 cm³/mol. The third-order valence-electron chi connectivity index (χ3n) is 7.04. The predicted octanol–water partition coefficient (Wildman–Crippen LogP) is 4.59. The fourth-order valence-corrected chi connectivity index (χ4v) is 5.78. The van der Waals surface area contributed by atoms with Crippen LogP contribution in [0.3, 0.4) is 0 Å². The minimum absolute atomic E-state index is 0.00307. The molecule has 2 heterocycles. The van der Waals surface area contributed by atoms with Crippen molar-refractivity contribution < 1.29 is 19.4 Å². The van der Waals surface area contributed by atoms with Gasteiger partial charge in [0.05, 0.1) is 18.8 Å². The van der Waals surface area contributed by atoms with Gasteiger partial charge in [0.15, 0.2) is 6.29 Å². The lowest BCUT2D eigenvalue weighted by atomic mass is 9.91. The number of carbonyl (C=O) groups is 1. The fraction of sp³-hybridized carbons (Fsp3) is 0.333. The van der Waals surface area contributed by atoms with Gasteiger partial charge in [-0.25, -0.2) is 4.68 Å². The smallest absolute Gasteiger partial charge is 0.217 e. The lowest BCUT2D eigenvalue weighted by Crippen LogP contribution is -2.38. The lowest BCUT2D eigenvalue weighted by molar-refractivity contribution is -0.268. The first-order valence-corrected chi connectivity index (χ1v) is 14.2. The van der Waals surface area contributed by atoms with E-state index in [1.165, 1.54) is 6.92 Å². The van der Waals surface area contributed by atoms with Gasteiger partial charge < -0.3 is 19.9 Å². The molecule has 1 aliphatic rings. The van der Waals surface area contributed by atoms with E-state index < -0.39 is 6.29 Å². The van der Waals surface area contributed by atoms with E-state index in [1.807, 2.05) is 55.6 Å². The normalized spacial score (nSPS) is 20.8. The Morgan fingerprint density at radius 1 is 1.00 bits per heavy atom. The zero-order chi connectivity index (χ0) is 28.1. The van der Waals surface area contributed by atoms with E-state index in [4.69, 9.17) is 9.47 Å². The van der Waals surface area contributed by atoms with Crippen molar-refractivity contribution in [3.8, 4) is 11.1 Å². The monoisotopic (exact) mass is 559 g/mol. The van der Waals surface area contributed by atoms with Crippen LogP contribution in [0.5, 0.6) is 0 Å². The molecule has 9 nitrogen and oxygen atoms in total. The summed E-state index contributed by atoms with van der Waals surface area (Å²) < 4.78 is 14.9. The van der Waals surface area contributed by atoms with E-state index in [0.717, 1.165) is 38.5 Å². The van der Waals surface area contributed by atoms with Crippen molar-refractivity contribution in [3.63, 3.8) is 0 Å². The second-order valence-electron chi connectivity index (χ2n) is 9.95. The number of ether oxygens (including phenoxy) is 2.